The Hall–Kier alpha value is -1.94. The van der Waals surface area contributed by atoms with Gasteiger partial charge in [-0.3, -0.25) is 4.79 Å². The minimum Gasteiger partial charge on any atom is -0.361 e. The maximum Gasteiger partial charge on any atom is 0.202 e. The Bertz CT molecular complexity index is 506. The van der Waals surface area contributed by atoms with Gasteiger partial charge in [0, 0.05) is 25.4 Å². The number of hydrogen-bond acceptors (Lipinski definition) is 3. The summed E-state index contributed by atoms with van der Waals surface area (Å²) in [6.45, 7) is 2.90. The minimum atomic E-state index is 0.00547. The second-order valence-electron chi connectivity index (χ2n) is 3.93. The molecule has 94 valence electrons. The van der Waals surface area contributed by atoms with Gasteiger partial charge < -0.3 is 9.30 Å². The van der Waals surface area contributed by atoms with Gasteiger partial charge in [0.1, 0.15) is 6.73 Å². The van der Waals surface area contributed by atoms with E-state index in [2.05, 4.69) is 4.98 Å². The lowest BCUT2D eigenvalue weighted by Crippen LogP contribution is -2.13. The van der Waals surface area contributed by atoms with E-state index in [-0.39, 0.29) is 5.78 Å². The second-order valence-corrected chi connectivity index (χ2v) is 3.93. The van der Waals surface area contributed by atoms with E-state index in [4.69, 9.17) is 4.74 Å². The van der Waals surface area contributed by atoms with Gasteiger partial charge in [-0.1, -0.05) is 30.3 Å². The maximum atomic E-state index is 12.1. The molecule has 4 nitrogen and oxygen atoms in total. The molecular formula is C14H16N2O2. The lowest BCUT2D eigenvalue weighted by Gasteiger charge is -2.06. The number of rotatable bonds is 6. The average molecular weight is 244 g/mol. The van der Waals surface area contributed by atoms with Crippen LogP contribution in [0.3, 0.4) is 0 Å². The summed E-state index contributed by atoms with van der Waals surface area (Å²) in [4.78, 5) is 16.2. The Morgan fingerprint density at radius 3 is 2.83 bits per heavy atom. The zero-order valence-electron chi connectivity index (χ0n) is 10.4. The van der Waals surface area contributed by atoms with Crippen LogP contribution in [0, 0.1) is 0 Å². The molecule has 4 heteroatoms. The molecule has 0 atom stereocenters. The molecule has 0 unspecified atom stereocenters. The van der Waals surface area contributed by atoms with E-state index in [9.17, 15) is 4.79 Å². The van der Waals surface area contributed by atoms with Crippen molar-refractivity contribution in [2.75, 3.05) is 6.61 Å². The van der Waals surface area contributed by atoms with Crippen molar-refractivity contribution in [3.05, 3.63) is 54.1 Å². The van der Waals surface area contributed by atoms with E-state index in [1.54, 1.807) is 17.0 Å². The highest BCUT2D eigenvalue weighted by atomic mass is 16.5. The molecule has 2 rings (SSSR count). The number of carbonyl (C=O) groups is 1. The molecule has 0 fully saturated rings. The van der Waals surface area contributed by atoms with Gasteiger partial charge in [0.05, 0.1) is 0 Å². The summed E-state index contributed by atoms with van der Waals surface area (Å²) in [6.07, 6.45) is 3.75. The molecule has 1 aromatic carbocycles. The Balaban J connectivity index is 2.07. The van der Waals surface area contributed by atoms with Crippen LogP contribution in [-0.4, -0.2) is 21.9 Å². The topological polar surface area (TPSA) is 44.1 Å². The van der Waals surface area contributed by atoms with E-state index < -0.39 is 0 Å². The monoisotopic (exact) mass is 244 g/mol. The van der Waals surface area contributed by atoms with Crippen molar-refractivity contribution in [2.24, 2.45) is 0 Å². The van der Waals surface area contributed by atoms with Gasteiger partial charge in [0.2, 0.25) is 5.78 Å². The highest BCUT2D eigenvalue weighted by Gasteiger charge is 2.13. The molecule has 1 aromatic heterocycles. The summed E-state index contributed by atoms with van der Waals surface area (Å²) >= 11 is 0. The number of carbonyl (C=O) groups excluding carboxylic acids is 1. The van der Waals surface area contributed by atoms with Crippen molar-refractivity contribution in [1.82, 2.24) is 9.55 Å². The van der Waals surface area contributed by atoms with Crippen molar-refractivity contribution in [3.8, 4) is 0 Å². The third-order valence-electron chi connectivity index (χ3n) is 2.61. The highest BCUT2D eigenvalue weighted by Crippen LogP contribution is 2.06. The van der Waals surface area contributed by atoms with Crippen LogP contribution < -0.4 is 0 Å². The number of aromatic nitrogens is 2. The van der Waals surface area contributed by atoms with Crippen molar-refractivity contribution in [3.63, 3.8) is 0 Å². The number of hydrogen-bond donors (Lipinski definition) is 0. The summed E-state index contributed by atoms with van der Waals surface area (Å²) in [5, 5.41) is 0. The highest BCUT2D eigenvalue weighted by molar-refractivity contribution is 5.94. The minimum absolute atomic E-state index is 0.00547. The number of benzene rings is 1. The molecule has 0 spiro atoms. The van der Waals surface area contributed by atoms with Crippen LogP contribution in [0.15, 0.2) is 42.7 Å². The molecule has 0 amide bonds. The number of nitrogens with zero attached hydrogens (tertiary/aromatic N) is 2. The molecule has 0 aliphatic heterocycles. The van der Waals surface area contributed by atoms with Crippen LogP contribution in [0.1, 0.15) is 23.1 Å². The Morgan fingerprint density at radius 1 is 1.33 bits per heavy atom. The first-order chi connectivity index (χ1) is 8.81. The van der Waals surface area contributed by atoms with Gasteiger partial charge in [-0.05, 0) is 12.5 Å². The molecule has 0 aliphatic rings. The van der Waals surface area contributed by atoms with Crippen molar-refractivity contribution < 1.29 is 9.53 Å². The van der Waals surface area contributed by atoms with Gasteiger partial charge in [-0.25, -0.2) is 4.98 Å². The van der Waals surface area contributed by atoms with E-state index in [0.717, 1.165) is 5.56 Å². The number of ether oxygens (including phenoxy) is 1. The van der Waals surface area contributed by atoms with Gasteiger partial charge in [0.25, 0.3) is 0 Å². The lowest BCUT2D eigenvalue weighted by atomic mass is 10.1. The summed E-state index contributed by atoms with van der Waals surface area (Å²) in [5.41, 5.74) is 0.994. The molecule has 1 heterocycles. The van der Waals surface area contributed by atoms with Gasteiger partial charge in [-0.15, -0.1) is 0 Å². The number of ketones is 1. The van der Waals surface area contributed by atoms with Crippen LogP contribution in [0.2, 0.25) is 0 Å². The molecule has 0 aliphatic carbocycles. The van der Waals surface area contributed by atoms with Crippen molar-refractivity contribution in [2.45, 2.75) is 20.1 Å². The molecule has 18 heavy (non-hydrogen) atoms. The van der Waals surface area contributed by atoms with Crippen LogP contribution in [-0.2, 0) is 17.9 Å². The van der Waals surface area contributed by atoms with Crippen LogP contribution in [0.5, 0.6) is 0 Å². The summed E-state index contributed by atoms with van der Waals surface area (Å²) in [6, 6.07) is 9.66. The first-order valence-corrected chi connectivity index (χ1v) is 5.97. The van der Waals surface area contributed by atoms with Gasteiger partial charge in [-0.2, -0.15) is 0 Å². The fraction of sp³-hybridized carbons (Fsp3) is 0.286. The van der Waals surface area contributed by atoms with Crippen LogP contribution in [0.4, 0.5) is 0 Å². The predicted octanol–water partition coefficient (Wildman–Crippen LogP) is 2.30. The zero-order chi connectivity index (χ0) is 12.8. The molecule has 2 aromatic rings. The van der Waals surface area contributed by atoms with E-state index >= 15 is 0 Å². The fourth-order valence-electron chi connectivity index (χ4n) is 1.72. The normalized spacial score (nSPS) is 10.5. The molecule has 0 saturated heterocycles. The molecule has 0 bridgehead atoms. The molecular weight excluding hydrogens is 228 g/mol. The standard InChI is InChI=1S/C14H16N2O2/c1-2-18-11-16-9-8-15-14(16)13(17)10-12-6-4-3-5-7-12/h3-9H,2,10-11H2,1H3. The summed E-state index contributed by atoms with van der Waals surface area (Å²) in [7, 11) is 0. The Labute approximate surface area is 106 Å². The SMILES string of the molecule is CCOCn1ccnc1C(=O)Cc1ccccc1. The summed E-state index contributed by atoms with van der Waals surface area (Å²) in [5.74, 6) is 0.457. The van der Waals surface area contributed by atoms with Crippen LogP contribution >= 0.6 is 0 Å². The number of Topliss-reactive ketones (excluding diaryl/α,β-unsaturated/α-hetero) is 1. The largest absolute Gasteiger partial charge is 0.361 e. The smallest absolute Gasteiger partial charge is 0.202 e. The third kappa shape index (κ3) is 3.05. The maximum absolute atomic E-state index is 12.1. The fourth-order valence-corrected chi connectivity index (χ4v) is 1.72. The first kappa shape index (κ1) is 12.5. The van der Waals surface area contributed by atoms with Crippen LogP contribution in [0.25, 0.3) is 0 Å². The zero-order valence-corrected chi connectivity index (χ0v) is 10.4. The average Bonchev–Trinajstić information content (AvgIpc) is 2.86. The third-order valence-corrected chi connectivity index (χ3v) is 2.61. The first-order valence-electron chi connectivity index (χ1n) is 5.97. The quantitative estimate of drug-likeness (QED) is 0.732. The van der Waals surface area contributed by atoms with E-state index in [0.29, 0.717) is 25.6 Å². The summed E-state index contributed by atoms with van der Waals surface area (Å²) < 4.78 is 7.02. The number of imidazole rings is 1. The molecule has 0 radical (unpaired) electrons. The van der Waals surface area contributed by atoms with Crippen molar-refractivity contribution in [1.29, 1.82) is 0 Å². The van der Waals surface area contributed by atoms with E-state index in [1.807, 2.05) is 37.3 Å². The van der Waals surface area contributed by atoms with E-state index in [1.165, 1.54) is 0 Å². The Kier molecular flexibility index (Phi) is 4.25. The van der Waals surface area contributed by atoms with Gasteiger partial charge >= 0.3 is 0 Å². The lowest BCUT2D eigenvalue weighted by molar-refractivity contribution is 0.0803. The van der Waals surface area contributed by atoms with Crippen molar-refractivity contribution >= 4 is 5.78 Å². The second kappa shape index (κ2) is 6.12. The Morgan fingerprint density at radius 2 is 2.11 bits per heavy atom. The van der Waals surface area contributed by atoms with Gasteiger partial charge in [0.15, 0.2) is 5.82 Å². The molecule has 0 saturated carbocycles. The molecule has 0 N–H and O–H groups in total. The predicted molar refractivity (Wildman–Crippen MR) is 68.3 cm³/mol.